The minimum Gasteiger partial charge on any atom is -0.296 e. The minimum absolute atomic E-state index is 0.0656. The van der Waals surface area contributed by atoms with Crippen LogP contribution in [0.15, 0.2) is 88.1 Å². The number of carbonyl (C=O) groups excluding carboxylic acids is 1. The molecule has 0 unspecified atom stereocenters. The number of aryl methyl sites for hydroxylation is 1. The van der Waals surface area contributed by atoms with Crippen molar-refractivity contribution in [2.24, 2.45) is 5.92 Å². The van der Waals surface area contributed by atoms with Crippen molar-refractivity contribution in [3.63, 3.8) is 0 Å². The highest BCUT2D eigenvalue weighted by molar-refractivity contribution is 8.01. The molecule has 3 aromatic carbocycles. The van der Waals surface area contributed by atoms with Crippen molar-refractivity contribution in [1.29, 1.82) is 0 Å². The summed E-state index contributed by atoms with van der Waals surface area (Å²) < 4.78 is 29.8. The molecule has 1 N–H and O–H groups in total. The summed E-state index contributed by atoms with van der Waals surface area (Å²) in [5, 5.41) is 11.4. The highest BCUT2D eigenvalue weighted by atomic mass is 32.2. The second-order valence-electron chi connectivity index (χ2n) is 8.86. The van der Waals surface area contributed by atoms with Crippen molar-refractivity contribution >= 4 is 49.8 Å². The van der Waals surface area contributed by atoms with Gasteiger partial charge in [-0.15, -0.1) is 10.2 Å². The zero-order chi connectivity index (χ0) is 26.4. The van der Waals surface area contributed by atoms with E-state index in [1.807, 2.05) is 37.3 Å². The number of aromatic nitrogens is 2. The van der Waals surface area contributed by atoms with Crippen molar-refractivity contribution in [1.82, 2.24) is 10.2 Å². The number of hydrogen-bond acceptors (Lipinski definition) is 7. The molecule has 1 aromatic heterocycles. The van der Waals surface area contributed by atoms with Crippen LogP contribution in [0.1, 0.15) is 35.3 Å². The molecule has 0 aliphatic heterocycles. The molecular weight excluding hydrogens is 525 g/mol. The largest absolute Gasteiger partial charge is 0.296 e. The molecule has 1 heterocycles. The summed E-state index contributed by atoms with van der Waals surface area (Å²) in [6.45, 7) is 6.22. The van der Waals surface area contributed by atoms with E-state index >= 15 is 0 Å². The van der Waals surface area contributed by atoms with Gasteiger partial charge in [-0.2, -0.15) is 0 Å². The molecule has 4 aromatic rings. The molecule has 0 saturated carbocycles. The zero-order valence-corrected chi connectivity index (χ0v) is 23.2. The monoisotopic (exact) mass is 552 g/mol. The molecule has 4 rings (SSSR count). The summed E-state index contributed by atoms with van der Waals surface area (Å²) in [7, 11) is -3.98. The first-order chi connectivity index (χ1) is 17.7. The number of sulfonamides is 1. The van der Waals surface area contributed by atoms with Gasteiger partial charge in [0.25, 0.3) is 15.9 Å². The SMILES string of the molecule is Cc1ccc(S(=O)(=O)N(Cc2ccccc2)c2ccccc2C(=O)Nc2nnc(SCC(C)C)s2)cc1. The maximum absolute atomic E-state index is 13.9. The zero-order valence-electron chi connectivity index (χ0n) is 20.8. The number of nitrogens with zero attached hydrogens (tertiary/aromatic N) is 3. The third-order valence-corrected chi connectivity index (χ3v) is 9.54. The summed E-state index contributed by atoms with van der Waals surface area (Å²) >= 11 is 2.88. The Morgan fingerprint density at radius 3 is 2.35 bits per heavy atom. The quantitative estimate of drug-likeness (QED) is 0.185. The van der Waals surface area contributed by atoms with E-state index < -0.39 is 15.9 Å². The predicted molar refractivity (Wildman–Crippen MR) is 151 cm³/mol. The lowest BCUT2D eigenvalue weighted by Gasteiger charge is -2.26. The van der Waals surface area contributed by atoms with E-state index in [4.69, 9.17) is 0 Å². The highest BCUT2D eigenvalue weighted by Crippen LogP contribution is 2.31. The van der Waals surface area contributed by atoms with Crippen LogP contribution in [-0.4, -0.2) is 30.3 Å². The van der Waals surface area contributed by atoms with Crippen molar-refractivity contribution in [3.8, 4) is 0 Å². The Labute approximate surface area is 226 Å². The van der Waals surface area contributed by atoms with Gasteiger partial charge in [-0.05, 0) is 42.7 Å². The first-order valence-corrected chi connectivity index (χ1v) is 15.0. The van der Waals surface area contributed by atoms with Gasteiger partial charge in [0.15, 0.2) is 4.34 Å². The lowest BCUT2D eigenvalue weighted by molar-refractivity contribution is 0.102. The third-order valence-electron chi connectivity index (χ3n) is 5.36. The number of nitrogens with one attached hydrogen (secondary N) is 1. The van der Waals surface area contributed by atoms with Crippen LogP contribution < -0.4 is 9.62 Å². The van der Waals surface area contributed by atoms with Gasteiger partial charge in [0, 0.05) is 5.75 Å². The molecule has 0 spiro atoms. The smallest absolute Gasteiger partial charge is 0.264 e. The van der Waals surface area contributed by atoms with Crippen LogP contribution >= 0.6 is 23.1 Å². The Bertz CT molecular complexity index is 1450. The summed E-state index contributed by atoms with van der Waals surface area (Å²) in [6, 6.07) is 22.7. The highest BCUT2D eigenvalue weighted by Gasteiger charge is 2.29. The molecule has 0 aliphatic carbocycles. The molecule has 0 fully saturated rings. The standard InChI is InChI=1S/C27H28N4O3S3/c1-19(2)18-35-27-30-29-26(36-27)28-25(32)23-11-7-8-12-24(23)31(17-21-9-5-4-6-10-21)37(33,34)22-15-13-20(3)14-16-22/h4-16,19H,17-18H2,1-3H3,(H,28,29,32). The van der Waals surface area contributed by atoms with E-state index in [1.165, 1.54) is 15.6 Å². The minimum atomic E-state index is -3.98. The first kappa shape index (κ1) is 26.8. The molecule has 0 radical (unpaired) electrons. The fourth-order valence-electron chi connectivity index (χ4n) is 3.49. The number of hydrogen-bond donors (Lipinski definition) is 1. The van der Waals surface area contributed by atoms with Gasteiger partial charge in [-0.3, -0.25) is 14.4 Å². The number of thioether (sulfide) groups is 1. The maximum atomic E-state index is 13.9. The van der Waals surface area contributed by atoms with Crippen molar-refractivity contribution < 1.29 is 13.2 Å². The van der Waals surface area contributed by atoms with Crippen molar-refractivity contribution in [3.05, 3.63) is 95.6 Å². The van der Waals surface area contributed by atoms with Gasteiger partial charge >= 0.3 is 0 Å². The van der Waals surface area contributed by atoms with Gasteiger partial charge in [0.2, 0.25) is 5.13 Å². The van der Waals surface area contributed by atoms with Gasteiger partial charge in [0.05, 0.1) is 22.7 Å². The van der Waals surface area contributed by atoms with Crippen LogP contribution in [-0.2, 0) is 16.6 Å². The van der Waals surface area contributed by atoms with E-state index in [0.29, 0.717) is 11.0 Å². The molecule has 0 atom stereocenters. The molecule has 0 bridgehead atoms. The third kappa shape index (κ3) is 6.76. The maximum Gasteiger partial charge on any atom is 0.264 e. The molecular formula is C27H28N4O3S3. The molecule has 0 saturated heterocycles. The van der Waals surface area contributed by atoms with E-state index in [1.54, 1.807) is 60.3 Å². The molecule has 37 heavy (non-hydrogen) atoms. The molecule has 192 valence electrons. The van der Waals surface area contributed by atoms with Crippen LogP contribution in [0, 0.1) is 12.8 Å². The Balaban J connectivity index is 1.69. The van der Waals surface area contributed by atoms with E-state index in [0.717, 1.165) is 21.2 Å². The van der Waals surface area contributed by atoms with Gasteiger partial charge < -0.3 is 0 Å². The fourth-order valence-corrected chi connectivity index (χ4v) is 6.69. The average molecular weight is 553 g/mol. The Morgan fingerprint density at radius 2 is 1.65 bits per heavy atom. The van der Waals surface area contributed by atoms with Crippen LogP contribution in [0.3, 0.4) is 0 Å². The van der Waals surface area contributed by atoms with E-state index in [9.17, 15) is 13.2 Å². The Kier molecular flexibility index (Phi) is 8.63. The predicted octanol–water partition coefficient (Wildman–Crippen LogP) is 6.24. The summed E-state index contributed by atoms with van der Waals surface area (Å²) in [5.74, 6) is 0.950. The van der Waals surface area contributed by atoms with Gasteiger partial charge in [-0.1, -0.05) is 97.1 Å². The molecule has 10 heteroatoms. The lowest BCUT2D eigenvalue weighted by atomic mass is 10.1. The topological polar surface area (TPSA) is 92.3 Å². The van der Waals surface area contributed by atoms with Crippen LogP contribution in [0.25, 0.3) is 0 Å². The number of anilines is 2. The van der Waals surface area contributed by atoms with Gasteiger partial charge in [-0.25, -0.2) is 8.42 Å². The van der Waals surface area contributed by atoms with Crippen molar-refractivity contribution in [2.45, 2.75) is 36.6 Å². The number of amides is 1. The normalized spacial score (nSPS) is 11.5. The van der Waals surface area contributed by atoms with Crippen LogP contribution in [0.4, 0.5) is 10.8 Å². The second-order valence-corrected chi connectivity index (χ2v) is 13.0. The lowest BCUT2D eigenvalue weighted by Crippen LogP contribution is -2.32. The number of rotatable bonds is 10. The van der Waals surface area contributed by atoms with Crippen LogP contribution in [0.5, 0.6) is 0 Å². The molecule has 1 amide bonds. The number of carbonyl (C=O) groups is 1. The first-order valence-electron chi connectivity index (χ1n) is 11.7. The Hall–Kier alpha value is -3.21. The Morgan fingerprint density at radius 1 is 0.973 bits per heavy atom. The second kappa shape index (κ2) is 11.9. The summed E-state index contributed by atoms with van der Waals surface area (Å²) in [4.78, 5) is 13.5. The van der Waals surface area contributed by atoms with E-state index in [2.05, 4.69) is 29.4 Å². The van der Waals surface area contributed by atoms with Gasteiger partial charge in [0.1, 0.15) is 0 Å². The number of para-hydroxylation sites is 1. The number of benzene rings is 3. The average Bonchev–Trinajstić information content (AvgIpc) is 3.34. The molecule has 7 nitrogen and oxygen atoms in total. The summed E-state index contributed by atoms with van der Waals surface area (Å²) in [5.41, 5.74) is 2.25. The fraction of sp³-hybridized carbons (Fsp3) is 0.222. The van der Waals surface area contributed by atoms with Crippen molar-refractivity contribution in [2.75, 3.05) is 15.4 Å². The van der Waals surface area contributed by atoms with Crippen LogP contribution in [0.2, 0.25) is 0 Å². The summed E-state index contributed by atoms with van der Waals surface area (Å²) in [6.07, 6.45) is 0. The van der Waals surface area contributed by atoms with E-state index in [-0.39, 0.29) is 22.7 Å². The molecule has 0 aliphatic rings.